The number of ether oxygens (including phenoxy) is 2. The molecule has 7 heteroatoms. The van der Waals surface area contributed by atoms with E-state index in [4.69, 9.17) is 9.47 Å². The summed E-state index contributed by atoms with van der Waals surface area (Å²) >= 11 is 0. The Morgan fingerprint density at radius 2 is 2.08 bits per heavy atom. The molecular formula is C17H13N3O4. The predicted molar refractivity (Wildman–Crippen MR) is 85.7 cm³/mol. The molecule has 0 bridgehead atoms. The van der Waals surface area contributed by atoms with Crippen LogP contribution in [-0.4, -0.2) is 33.7 Å². The van der Waals surface area contributed by atoms with Crippen molar-refractivity contribution < 1.29 is 14.3 Å². The van der Waals surface area contributed by atoms with Gasteiger partial charge in [-0.15, -0.1) is 0 Å². The minimum atomic E-state index is -0.307. The van der Waals surface area contributed by atoms with E-state index in [9.17, 15) is 9.59 Å². The molecule has 0 unspecified atom stereocenters. The molecule has 0 amide bonds. The largest absolute Gasteiger partial charge is 0.468 e. The van der Waals surface area contributed by atoms with Crippen LogP contribution in [0, 0.1) is 0 Å². The van der Waals surface area contributed by atoms with Crippen molar-refractivity contribution in [1.82, 2.24) is 14.5 Å². The monoisotopic (exact) mass is 323 g/mol. The number of hydrogen-bond acceptors (Lipinski definition) is 6. The first-order valence-corrected chi connectivity index (χ1v) is 7.47. The number of aromatic nitrogens is 3. The van der Waals surface area contributed by atoms with Crippen LogP contribution in [0.25, 0.3) is 16.6 Å². The lowest BCUT2D eigenvalue weighted by atomic mass is 10.1. The van der Waals surface area contributed by atoms with Crippen molar-refractivity contribution in [2.24, 2.45) is 0 Å². The molecule has 0 atom stereocenters. The third-order valence-electron chi connectivity index (χ3n) is 3.84. The van der Waals surface area contributed by atoms with Crippen LogP contribution in [0.1, 0.15) is 23.1 Å². The molecule has 24 heavy (non-hydrogen) atoms. The third-order valence-corrected chi connectivity index (χ3v) is 3.84. The van der Waals surface area contributed by atoms with Gasteiger partial charge in [-0.3, -0.25) is 19.1 Å². The topological polar surface area (TPSA) is 83.3 Å². The second kappa shape index (κ2) is 5.54. The summed E-state index contributed by atoms with van der Waals surface area (Å²) in [6, 6.07) is 6.59. The fourth-order valence-electron chi connectivity index (χ4n) is 2.70. The Labute approximate surface area is 136 Å². The molecule has 0 saturated heterocycles. The Bertz CT molecular complexity index is 1030. The van der Waals surface area contributed by atoms with Gasteiger partial charge in [0.2, 0.25) is 5.78 Å². The van der Waals surface area contributed by atoms with E-state index in [1.54, 1.807) is 24.3 Å². The Morgan fingerprint density at radius 1 is 1.21 bits per heavy atom. The van der Waals surface area contributed by atoms with E-state index in [2.05, 4.69) is 9.97 Å². The van der Waals surface area contributed by atoms with Gasteiger partial charge in [0, 0.05) is 19.0 Å². The standard InChI is InChI=1S/C17H13N3O4/c1-2-23-9-24-10-3-4-14-11(7-10)15(21)16-19-13-5-6-18-8-12(13)17(22)20(14)16/h3-8H,2,9H2,1H3. The molecule has 2 aromatic heterocycles. The van der Waals surface area contributed by atoms with Crippen LogP contribution in [-0.2, 0) is 4.74 Å². The van der Waals surface area contributed by atoms with E-state index < -0.39 is 0 Å². The highest BCUT2D eigenvalue weighted by molar-refractivity contribution is 6.13. The maximum absolute atomic E-state index is 12.7. The summed E-state index contributed by atoms with van der Waals surface area (Å²) in [5.74, 6) is 0.306. The number of ketones is 1. The number of carbonyl (C=O) groups is 1. The zero-order valence-electron chi connectivity index (χ0n) is 12.9. The van der Waals surface area contributed by atoms with E-state index >= 15 is 0 Å². The van der Waals surface area contributed by atoms with Gasteiger partial charge in [0.05, 0.1) is 22.2 Å². The molecule has 0 N–H and O–H groups in total. The highest BCUT2D eigenvalue weighted by Gasteiger charge is 2.30. The number of rotatable bonds is 4. The lowest BCUT2D eigenvalue weighted by Gasteiger charge is -2.08. The minimum absolute atomic E-state index is 0.101. The van der Waals surface area contributed by atoms with Gasteiger partial charge in [0.25, 0.3) is 5.56 Å². The van der Waals surface area contributed by atoms with E-state index in [-0.39, 0.29) is 24.0 Å². The highest BCUT2D eigenvalue weighted by atomic mass is 16.7. The van der Waals surface area contributed by atoms with Crippen molar-refractivity contribution in [3.8, 4) is 11.4 Å². The lowest BCUT2D eigenvalue weighted by Crippen LogP contribution is -2.21. The number of hydrogen-bond donors (Lipinski definition) is 0. The number of pyridine rings is 1. The second-order valence-electron chi connectivity index (χ2n) is 5.23. The van der Waals surface area contributed by atoms with Crippen LogP contribution < -0.4 is 10.3 Å². The SMILES string of the molecule is CCOCOc1ccc2c(c1)C(=O)c1nc3ccncc3c(=O)n1-2. The van der Waals surface area contributed by atoms with E-state index in [0.717, 1.165) is 0 Å². The first-order valence-electron chi connectivity index (χ1n) is 7.47. The molecule has 3 heterocycles. The molecule has 3 aromatic rings. The van der Waals surface area contributed by atoms with Gasteiger partial charge in [0.15, 0.2) is 12.6 Å². The zero-order chi connectivity index (χ0) is 16.7. The molecule has 0 fully saturated rings. The fraction of sp³-hybridized carbons (Fsp3) is 0.176. The quantitative estimate of drug-likeness (QED) is 0.420. The molecular weight excluding hydrogens is 310 g/mol. The summed E-state index contributed by atoms with van der Waals surface area (Å²) in [4.78, 5) is 33.6. The van der Waals surface area contributed by atoms with E-state index in [0.29, 0.717) is 34.5 Å². The fourth-order valence-corrected chi connectivity index (χ4v) is 2.70. The van der Waals surface area contributed by atoms with Gasteiger partial charge in [-0.25, -0.2) is 4.98 Å². The number of fused-ring (bicyclic) bond motifs is 4. The molecule has 0 saturated carbocycles. The van der Waals surface area contributed by atoms with Crippen LogP contribution in [0.15, 0.2) is 41.5 Å². The molecule has 0 aliphatic carbocycles. The normalized spacial score (nSPS) is 12.3. The average Bonchev–Trinajstić information content (AvgIpc) is 2.88. The minimum Gasteiger partial charge on any atom is -0.468 e. The Morgan fingerprint density at radius 3 is 2.92 bits per heavy atom. The van der Waals surface area contributed by atoms with E-state index in [1.807, 2.05) is 6.92 Å². The van der Waals surface area contributed by atoms with E-state index in [1.165, 1.54) is 17.0 Å². The Balaban J connectivity index is 1.85. The maximum atomic E-state index is 12.7. The summed E-state index contributed by atoms with van der Waals surface area (Å²) in [7, 11) is 0. The summed E-state index contributed by atoms with van der Waals surface area (Å²) < 4.78 is 11.9. The molecule has 1 aliphatic heterocycles. The molecule has 1 aromatic carbocycles. The number of benzene rings is 1. The molecule has 120 valence electrons. The van der Waals surface area contributed by atoms with Crippen LogP contribution in [0.5, 0.6) is 5.75 Å². The van der Waals surface area contributed by atoms with Gasteiger partial charge >= 0.3 is 0 Å². The van der Waals surface area contributed by atoms with Crippen molar-refractivity contribution in [3.05, 3.63) is 58.4 Å². The molecule has 7 nitrogen and oxygen atoms in total. The summed E-state index contributed by atoms with van der Waals surface area (Å²) in [5.41, 5.74) is 1.03. The number of nitrogens with zero attached hydrogens (tertiary/aromatic N) is 3. The van der Waals surface area contributed by atoms with Crippen molar-refractivity contribution >= 4 is 16.7 Å². The van der Waals surface area contributed by atoms with Crippen LogP contribution >= 0.6 is 0 Å². The molecule has 0 spiro atoms. The molecule has 0 radical (unpaired) electrons. The zero-order valence-corrected chi connectivity index (χ0v) is 12.9. The van der Waals surface area contributed by atoms with Crippen LogP contribution in [0.3, 0.4) is 0 Å². The number of carbonyl (C=O) groups excluding carboxylic acids is 1. The molecule has 1 aliphatic rings. The van der Waals surface area contributed by atoms with Gasteiger partial charge in [0.1, 0.15) is 5.75 Å². The Hall–Kier alpha value is -3.06. The first-order chi connectivity index (χ1) is 11.7. The van der Waals surface area contributed by atoms with Crippen molar-refractivity contribution in [2.75, 3.05) is 13.4 Å². The predicted octanol–water partition coefficient (Wildman–Crippen LogP) is 1.70. The smallest absolute Gasteiger partial charge is 0.267 e. The Kier molecular flexibility index (Phi) is 3.35. The van der Waals surface area contributed by atoms with Gasteiger partial charge in [-0.05, 0) is 31.2 Å². The summed E-state index contributed by atoms with van der Waals surface area (Å²) in [5, 5.41) is 0.374. The van der Waals surface area contributed by atoms with Crippen molar-refractivity contribution in [1.29, 1.82) is 0 Å². The summed E-state index contributed by atoms with van der Waals surface area (Å²) in [6.07, 6.45) is 3.00. The van der Waals surface area contributed by atoms with Crippen LogP contribution in [0.4, 0.5) is 0 Å². The van der Waals surface area contributed by atoms with Crippen molar-refractivity contribution in [3.63, 3.8) is 0 Å². The van der Waals surface area contributed by atoms with Crippen LogP contribution in [0.2, 0.25) is 0 Å². The second-order valence-corrected chi connectivity index (χ2v) is 5.23. The first kappa shape index (κ1) is 14.5. The van der Waals surface area contributed by atoms with Crippen molar-refractivity contribution in [2.45, 2.75) is 6.92 Å². The molecule has 4 rings (SSSR count). The third kappa shape index (κ3) is 2.10. The van der Waals surface area contributed by atoms with Gasteiger partial charge < -0.3 is 9.47 Å². The lowest BCUT2D eigenvalue weighted by molar-refractivity contribution is 0.0224. The highest BCUT2D eigenvalue weighted by Crippen LogP contribution is 2.29. The summed E-state index contributed by atoms with van der Waals surface area (Å²) in [6.45, 7) is 2.50. The van der Waals surface area contributed by atoms with Gasteiger partial charge in [-0.1, -0.05) is 0 Å². The average molecular weight is 323 g/mol. The van der Waals surface area contributed by atoms with Gasteiger partial charge in [-0.2, -0.15) is 0 Å². The maximum Gasteiger partial charge on any atom is 0.267 e.